The number of aryl methyl sites for hydroxylation is 1. The van der Waals surface area contributed by atoms with Crippen molar-refractivity contribution < 1.29 is 27.2 Å². The zero-order valence-electron chi connectivity index (χ0n) is 14.9. The number of rotatable bonds is 4. The normalized spacial score (nSPS) is 22.0. The molecule has 0 bridgehead atoms. The molecule has 1 saturated heterocycles. The Morgan fingerprint density at radius 3 is 2.44 bits per heavy atom. The van der Waals surface area contributed by atoms with Gasteiger partial charge in [0.1, 0.15) is 6.10 Å². The summed E-state index contributed by atoms with van der Waals surface area (Å²) in [6.07, 6.45) is -1.68. The Morgan fingerprint density at radius 1 is 1.32 bits per heavy atom. The molecule has 1 amide bonds. The van der Waals surface area contributed by atoms with Crippen LogP contribution in [0, 0.1) is 12.3 Å². The van der Waals surface area contributed by atoms with Crippen LogP contribution in [0.15, 0.2) is 29.2 Å². The molecule has 2 unspecified atom stereocenters. The molecule has 1 N–H and O–H groups in total. The summed E-state index contributed by atoms with van der Waals surface area (Å²) in [5, 5.41) is 9.43. The maximum Gasteiger partial charge on any atom is 0.407 e. The standard InChI is InChI=1S/C17H25NO6S/c1-12-5-7-14(8-6-12)25(21,22)24-10-13-9-18(16(19)20)15(11-23-13)17(2,3)4/h5-8,13,15H,9-11H2,1-4H3,(H,19,20). The lowest BCUT2D eigenvalue weighted by Gasteiger charge is -2.44. The summed E-state index contributed by atoms with van der Waals surface area (Å²) < 4.78 is 35.2. The summed E-state index contributed by atoms with van der Waals surface area (Å²) in [5.41, 5.74) is 0.665. The van der Waals surface area contributed by atoms with E-state index in [-0.39, 0.29) is 36.1 Å². The van der Waals surface area contributed by atoms with Gasteiger partial charge in [0.25, 0.3) is 10.1 Å². The fourth-order valence-corrected chi connectivity index (χ4v) is 3.62. The quantitative estimate of drug-likeness (QED) is 0.818. The van der Waals surface area contributed by atoms with Gasteiger partial charge < -0.3 is 9.84 Å². The number of benzene rings is 1. The van der Waals surface area contributed by atoms with Crippen molar-refractivity contribution in [1.29, 1.82) is 0 Å². The summed E-state index contributed by atoms with van der Waals surface area (Å²) in [5.74, 6) is 0. The molecule has 1 heterocycles. The molecule has 140 valence electrons. The van der Waals surface area contributed by atoms with Crippen LogP contribution in [0.3, 0.4) is 0 Å². The lowest BCUT2D eigenvalue weighted by atomic mass is 9.85. The van der Waals surface area contributed by atoms with E-state index < -0.39 is 22.3 Å². The summed E-state index contributed by atoms with van der Waals surface area (Å²) in [6.45, 7) is 7.73. The highest BCUT2D eigenvalue weighted by Gasteiger charge is 2.39. The van der Waals surface area contributed by atoms with Crippen LogP contribution in [0.2, 0.25) is 0 Å². The van der Waals surface area contributed by atoms with Crippen LogP contribution in [-0.2, 0) is 19.0 Å². The monoisotopic (exact) mass is 371 g/mol. The maximum absolute atomic E-state index is 12.2. The van der Waals surface area contributed by atoms with Gasteiger partial charge in [0.15, 0.2) is 0 Å². The molecular formula is C17H25NO6S. The summed E-state index contributed by atoms with van der Waals surface area (Å²) in [7, 11) is -3.90. The highest BCUT2D eigenvalue weighted by Crippen LogP contribution is 2.28. The largest absolute Gasteiger partial charge is 0.465 e. The zero-order valence-corrected chi connectivity index (χ0v) is 15.7. The molecule has 1 fully saturated rings. The Balaban J connectivity index is 2.02. The van der Waals surface area contributed by atoms with E-state index in [1.54, 1.807) is 12.1 Å². The topological polar surface area (TPSA) is 93.1 Å². The van der Waals surface area contributed by atoms with E-state index in [1.807, 2.05) is 27.7 Å². The van der Waals surface area contributed by atoms with Crippen LogP contribution >= 0.6 is 0 Å². The number of carboxylic acid groups (broad SMARTS) is 1. The van der Waals surface area contributed by atoms with Gasteiger partial charge >= 0.3 is 6.09 Å². The second kappa shape index (κ2) is 7.31. The van der Waals surface area contributed by atoms with Gasteiger partial charge in [0.05, 0.1) is 30.7 Å². The minimum atomic E-state index is -3.90. The molecule has 1 aromatic rings. The fourth-order valence-electron chi connectivity index (χ4n) is 2.68. The smallest absolute Gasteiger partial charge is 0.407 e. The highest BCUT2D eigenvalue weighted by molar-refractivity contribution is 7.86. The molecule has 1 aliphatic rings. The third-order valence-electron chi connectivity index (χ3n) is 4.23. The van der Waals surface area contributed by atoms with Crippen molar-refractivity contribution in [3.05, 3.63) is 29.8 Å². The van der Waals surface area contributed by atoms with E-state index in [4.69, 9.17) is 8.92 Å². The number of morpholine rings is 1. The predicted octanol–water partition coefficient (Wildman–Crippen LogP) is 2.49. The van der Waals surface area contributed by atoms with Crippen LogP contribution < -0.4 is 0 Å². The molecule has 8 heteroatoms. The van der Waals surface area contributed by atoms with Crippen molar-refractivity contribution in [1.82, 2.24) is 4.90 Å². The molecule has 2 rings (SSSR count). The molecule has 0 radical (unpaired) electrons. The van der Waals surface area contributed by atoms with Crippen LogP contribution in [0.4, 0.5) is 4.79 Å². The first-order chi connectivity index (χ1) is 11.5. The Kier molecular flexibility index (Phi) is 5.75. The van der Waals surface area contributed by atoms with Crippen molar-refractivity contribution >= 4 is 16.2 Å². The van der Waals surface area contributed by atoms with E-state index in [0.717, 1.165) is 5.56 Å². The lowest BCUT2D eigenvalue weighted by molar-refractivity contribution is -0.0931. The van der Waals surface area contributed by atoms with Crippen LogP contribution in [0.1, 0.15) is 26.3 Å². The van der Waals surface area contributed by atoms with Gasteiger partial charge in [-0.3, -0.25) is 9.08 Å². The van der Waals surface area contributed by atoms with Gasteiger partial charge in [0.2, 0.25) is 0 Å². The molecule has 0 spiro atoms. The second-order valence-corrected chi connectivity index (χ2v) is 8.94. The highest BCUT2D eigenvalue weighted by atomic mass is 32.2. The number of carbonyl (C=O) groups is 1. The van der Waals surface area contributed by atoms with E-state index >= 15 is 0 Å². The number of nitrogens with zero attached hydrogens (tertiary/aromatic N) is 1. The van der Waals surface area contributed by atoms with Gasteiger partial charge in [-0.15, -0.1) is 0 Å². The minimum Gasteiger partial charge on any atom is -0.465 e. The molecule has 0 saturated carbocycles. The summed E-state index contributed by atoms with van der Waals surface area (Å²) in [6, 6.07) is 6.04. The number of ether oxygens (including phenoxy) is 1. The SMILES string of the molecule is Cc1ccc(S(=O)(=O)OCC2CN(C(=O)O)C(C(C)(C)C)CO2)cc1. The lowest BCUT2D eigenvalue weighted by Crippen LogP contribution is -2.57. The third-order valence-corrected chi connectivity index (χ3v) is 5.53. The van der Waals surface area contributed by atoms with E-state index in [1.165, 1.54) is 17.0 Å². The molecule has 0 aromatic heterocycles. The average Bonchev–Trinajstić information content (AvgIpc) is 2.52. The summed E-state index contributed by atoms with van der Waals surface area (Å²) in [4.78, 5) is 12.9. The number of hydrogen-bond acceptors (Lipinski definition) is 5. The maximum atomic E-state index is 12.2. The Labute approximate surface area is 148 Å². The molecule has 7 nitrogen and oxygen atoms in total. The Morgan fingerprint density at radius 2 is 1.92 bits per heavy atom. The average molecular weight is 371 g/mol. The number of hydrogen-bond donors (Lipinski definition) is 1. The molecule has 2 atom stereocenters. The first-order valence-corrected chi connectivity index (χ1v) is 9.49. The van der Waals surface area contributed by atoms with Crippen molar-refractivity contribution in [2.45, 2.75) is 44.7 Å². The van der Waals surface area contributed by atoms with Gasteiger partial charge in [0, 0.05) is 0 Å². The van der Waals surface area contributed by atoms with Crippen molar-refractivity contribution in [3.63, 3.8) is 0 Å². The first kappa shape index (κ1) is 19.7. The molecule has 1 aliphatic heterocycles. The molecule has 25 heavy (non-hydrogen) atoms. The van der Waals surface area contributed by atoms with Crippen molar-refractivity contribution in [2.75, 3.05) is 19.8 Å². The molecular weight excluding hydrogens is 346 g/mol. The zero-order chi connectivity index (χ0) is 18.8. The van der Waals surface area contributed by atoms with E-state index in [2.05, 4.69) is 0 Å². The van der Waals surface area contributed by atoms with Crippen molar-refractivity contribution in [3.8, 4) is 0 Å². The van der Waals surface area contributed by atoms with Crippen molar-refractivity contribution in [2.24, 2.45) is 5.41 Å². The molecule has 1 aromatic carbocycles. The molecule has 0 aliphatic carbocycles. The third kappa shape index (κ3) is 4.93. The van der Waals surface area contributed by atoms with Crippen LogP contribution in [0.25, 0.3) is 0 Å². The van der Waals surface area contributed by atoms with Crippen LogP contribution in [-0.4, -0.2) is 56.4 Å². The van der Waals surface area contributed by atoms with Gasteiger partial charge in [-0.1, -0.05) is 38.5 Å². The predicted molar refractivity (Wildman–Crippen MR) is 92.0 cm³/mol. The summed E-state index contributed by atoms with van der Waals surface area (Å²) >= 11 is 0. The van der Waals surface area contributed by atoms with Gasteiger partial charge in [-0.2, -0.15) is 8.42 Å². The van der Waals surface area contributed by atoms with Gasteiger partial charge in [-0.25, -0.2) is 4.79 Å². The fraction of sp³-hybridized carbons (Fsp3) is 0.588. The Bertz CT molecular complexity index is 708. The van der Waals surface area contributed by atoms with Gasteiger partial charge in [-0.05, 0) is 24.5 Å². The number of amides is 1. The van der Waals surface area contributed by atoms with Crippen LogP contribution in [0.5, 0.6) is 0 Å². The minimum absolute atomic E-state index is 0.0663. The Hall–Kier alpha value is -1.64. The van der Waals surface area contributed by atoms with E-state index in [0.29, 0.717) is 0 Å². The first-order valence-electron chi connectivity index (χ1n) is 8.08. The van der Waals surface area contributed by atoms with E-state index in [9.17, 15) is 18.3 Å². The second-order valence-electron chi connectivity index (χ2n) is 7.32.